The molecule has 0 spiro atoms. The lowest BCUT2D eigenvalue weighted by molar-refractivity contribution is 0.0623. The lowest BCUT2D eigenvalue weighted by Gasteiger charge is -2.34. The molecule has 4 aromatic rings. The molecule has 0 saturated carbocycles. The fraction of sp³-hybridized carbons (Fsp3) is 0.276. The van der Waals surface area contributed by atoms with E-state index in [1.165, 1.54) is 12.1 Å². The smallest absolute Gasteiger partial charge is 0.335 e. The summed E-state index contributed by atoms with van der Waals surface area (Å²) in [6, 6.07) is 14.9. The number of halogens is 2. The van der Waals surface area contributed by atoms with Crippen molar-refractivity contribution >= 4 is 45.9 Å². The molecule has 5 rings (SSSR count). The fourth-order valence-corrected chi connectivity index (χ4v) is 5.28. The van der Waals surface area contributed by atoms with Gasteiger partial charge in [0, 0.05) is 51.5 Å². The summed E-state index contributed by atoms with van der Waals surface area (Å²) in [6.07, 6.45) is 0. The Morgan fingerprint density at radius 2 is 1.77 bits per heavy atom. The summed E-state index contributed by atoms with van der Waals surface area (Å²) in [5.41, 5.74) is 4.30. The molecule has 1 saturated heterocycles. The van der Waals surface area contributed by atoms with Gasteiger partial charge in [-0.25, -0.2) is 14.2 Å². The van der Waals surface area contributed by atoms with Gasteiger partial charge in [-0.2, -0.15) is 0 Å². The van der Waals surface area contributed by atoms with Gasteiger partial charge in [0.15, 0.2) is 0 Å². The van der Waals surface area contributed by atoms with Gasteiger partial charge in [-0.05, 0) is 61.0 Å². The fourth-order valence-electron chi connectivity index (χ4n) is 4.92. The van der Waals surface area contributed by atoms with Crippen LogP contribution in [0.4, 0.5) is 15.8 Å². The topological polar surface area (TPSA) is 81.9 Å². The van der Waals surface area contributed by atoms with Crippen LogP contribution < -0.4 is 4.90 Å². The van der Waals surface area contributed by atoms with Gasteiger partial charge in [0.1, 0.15) is 11.6 Å². The van der Waals surface area contributed by atoms with E-state index in [4.69, 9.17) is 11.6 Å². The summed E-state index contributed by atoms with van der Waals surface area (Å²) in [7, 11) is 3.67. The monoisotopic (exact) mass is 549 g/mol. The lowest BCUT2D eigenvalue weighted by Crippen LogP contribution is -2.48. The summed E-state index contributed by atoms with van der Waals surface area (Å²) in [5.74, 6) is -0.864. The number of fused-ring (bicyclic) bond motifs is 1. The van der Waals surface area contributed by atoms with Crippen molar-refractivity contribution in [3.63, 3.8) is 0 Å². The van der Waals surface area contributed by atoms with E-state index in [-0.39, 0.29) is 17.0 Å². The quantitative estimate of drug-likeness (QED) is 0.360. The Hall–Kier alpha value is -3.95. The number of nitrogens with zero attached hydrogens (tertiary/aromatic N) is 5. The van der Waals surface area contributed by atoms with Gasteiger partial charge in [-0.1, -0.05) is 17.7 Å². The lowest BCUT2D eigenvalue weighted by atomic mass is 10.1. The number of amides is 1. The van der Waals surface area contributed by atoms with Crippen molar-refractivity contribution in [3.05, 3.63) is 88.0 Å². The van der Waals surface area contributed by atoms with Crippen LogP contribution in [-0.4, -0.2) is 69.6 Å². The number of carbonyl (C=O) groups excluding carboxylic acids is 1. The molecule has 8 nitrogen and oxygen atoms in total. The molecule has 0 unspecified atom stereocenters. The van der Waals surface area contributed by atoms with Crippen molar-refractivity contribution in [2.45, 2.75) is 13.5 Å². The van der Waals surface area contributed by atoms with Crippen molar-refractivity contribution in [2.24, 2.45) is 7.05 Å². The molecule has 0 bridgehead atoms. The van der Waals surface area contributed by atoms with E-state index >= 15 is 0 Å². The number of aryl methyl sites for hydroxylation is 2. The van der Waals surface area contributed by atoms with Gasteiger partial charge in [-0.3, -0.25) is 9.69 Å². The predicted octanol–water partition coefficient (Wildman–Crippen LogP) is 5.10. The van der Waals surface area contributed by atoms with Crippen LogP contribution in [0.25, 0.3) is 11.0 Å². The van der Waals surface area contributed by atoms with E-state index in [1.807, 2.05) is 36.7 Å². The molecular formula is C29H29ClFN5O3. The van der Waals surface area contributed by atoms with Crippen LogP contribution in [0.2, 0.25) is 5.02 Å². The number of hydrogen-bond donors (Lipinski definition) is 1. The van der Waals surface area contributed by atoms with Crippen molar-refractivity contribution in [1.82, 2.24) is 19.4 Å². The highest BCUT2D eigenvalue weighted by Crippen LogP contribution is 2.32. The zero-order valence-corrected chi connectivity index (χ0v) is 22.7. The second-order valence-electron chi connectivity index (χ2n) is 9.88. The highest BCUT2D eigenvalue weighted by atomic mass is 35.5. The molecule has 1 N–H and O–H groups in total. The third kappa shape index (κ3) is 5.46. The van der Waals surface area contributed by atoms with Crippen molar-refractivity contribution < 1.29 is 19.1 Å². The Bertz CT molecular complexity index is 1580. The Morgan fingerprint density at radius 1 is 1.03 bits per heavy atom. The van der Waals surface area contributed by atoms with E-state index in [1.54, 1.807) is 41.1 Å². The molecule has 1 amide bonds. The Morgan fingerprint density at radius 3 is 2.46 bits per heavy atom. The first-order chi connectivity index (χ1) is 18.6. The van der Waals surface area contributed by atoms with Gasteiger partial charge in [0.05, 0.1) is 33.9 Å². The number of carbonyl (C=O) groups is 2. The normalized spacial score (nSPS) is 14.1. The van der Waals surface area contributed by atoms with Crippen LogP contribution in [0.3, 0.4) is 0 Å². The van der Waals surface area contributed by atoms with Gasteiger partial charge in [0.25, 0.3) is 5.91 Å². The average Bonchev–Trinajstić information content (AvgIpc) is 3.22. The zero-order valence-electron chi connectivity index (χ0n) is 22.0. The predicted molar refractivity (Wildman–Crippen MR) is 150 cm³/mol. The second-order valence-corrected chi connectivity index (χ2v) is 10.3. The second kappa shape index (κ2) is 10.7. The number of imidazole rings is 1. The molecule has 202 valence electrons. The van der Waals surface area contributed by atoms with Crippen molar-refractivity contribution in [3.8, 4) is 0 Å². The van der Waals surface area contributed by atoms with Gasteiger partial charge < -0.3 is 19.5 Å². The number of aromatic nitrogens is 2. The first-order valence-electron chi connectivity index (χ1n) is 12.6. The van der Waals surface area contributed by atoms with E-state index in [0.717, 1.165) is 28.1 Å². The maximum absolute atomic E-state index is 14.6. The molecule has 2 heterocycles. The first-order valence-corrected chi connectivity index (χ1v) is 13.0. The number of aromatic carboxylic acids is 1. The molecule has 1 aromatic heterocycles. The number of rotatable bonds is 6. The Labute approximate surface area is 230 Å². The molecule has 3 aromatic carbocycles. The highest BCUT2D eigenvalue weighted by molar-refractivity contribution is 6.33. The standard InChI is InChI=1S/C29H29ClFN5O3/c1-18-4-7-25(23(30)12-18)33(2)22-14-20(13-21(31)16-22)28(37)36-10-8-35(9-11-36)17-27-32-24-6-5-19(29(38)39)15-26(24)34(27)3/h4-7,12-16H,8-11,17H2,1-3H3,(H,38,39). The molecule has 0 radical (unpaired) electrons. The van der Waals surface area contributed by atoms with E-state index < -0.39 is 11.8 Å². The number of piperazine rings is 1. The number of benzene rings is 3. The average molecular weight is 550 g/mol. The Kier molecular flexibility index (Phi) is 7.29. The van der Waals surface area contributed by atoms with E-state index in [2.05, 4.69) is 9.88 Å². The van der Waals surface area contributed by atoms with Crippen LogP contribution in [0.5, 0.6) is 0 Å². The Balaban J connectivity index is 1.26. The number of carboxylic acid groups (broad SMARTS) is 1. The third-order valence-corrected chi connectivity index (χ3v) is 7.53. The number of anilines is 2. The van der Waals surface area contributed by atoms with E-state index in [9.17, 15) is 19.1 Å². The van der Waals surface area contributed by atoms with Crippen molar-refractivity contribution in [2.75, 3.05) is 38.1 Å². The minimum absolute atomic E-state index is 0.220. The maximum Gasteiger partial charge on any atom is 0.335 e. The molecule has 1 aliphatic heterocycles. The number of hydrogen-bond acceptors (Lipinski definition) is 5. The van der Waals surface area contributed by atoms with Gasteiger partial charge >= 0.3 is 5.97 Å². The SMILES string of the molecule is Cc1ccc(N(C)c2cc(F)cc(C(=O)N3CCN(Cc4nc5ccc(C(=O)O)cc5n4C)CC3)c2)c(Cl)c1. The summed E-state index contributed by atoms with van der Waals surface area (Å²) in [6.45, 7) is 4.78. The molecule has 10 heteroatoms. The minimum atomic E-state index is -0.976. The minimum Gasteiger partial charge on any atom is -0.478 e. The van der Waals surface area contributed by atoms with Crippen LogP contribution in [0, 0.1) is 12.7 Å². The summed E-state index contributed by atoms with van der Waals surface area (Å²) < 4.78 is 16.5. The highest BCUT2D eigenvalue weighted by Gasteiger charge is 2.25. The molecule has 0 aliphatic carbocycles. The summed E-state index contributed by atoms with van der Waals surface area (Å²) in [5, 5.41) is 9.84. The molecule has 0 atom stereocenters. The van der Waals surface area contributed by atoms with Gasteiger partial charge in [0.2, 0.25) is 0 Å². The molecule has 39 heavy (non-hydrogen) atoms. The maximum atomic E-state index is 14.6. The summed E-state index contributed by atoms with van der Waals surface area (Å²) in [4.78, 5) is 35.0. The molecule has 1 aliphatic rings. The molecule has 1 fully saturated rings. The zero-order chi connectivity index (χ0) is 27.8. The van der Waals surface area contributed by atoms with Crippen molar-refractivity contribution in [1.29, 1.82) is 0 Å². The third-order valence-electron chi connectivity index (χ3n) is 7.23. The van der Waals surface area contributed by atoms with Crippen LogP contribution in [0.1, 0.15) is 32.1 Å². The number of carboxylic acids is 1. The van der Waals surface area contributed by atoms with Crippen LogP contribution in [0.15, 0.2) is 54.6 Å². The van der Waals surface area contributed by atoms with Gasteiger partial charge in [-0.15, -0.1) is 0 Å². The van der Waals surface area contributed by atoms with Crippen LogP contribution >= 0.6 is 11.6 Å². The summed E-state index contributed by atoms with van der Waals surface area (Å²) >= 11 is 6.42. The largest absolute Gasteiger partial charge is 0.478 e. The van der Waals surface area contributed by atoms with E-state index in [0.29, 0.717) is 43.4 Å². The van der Waals surface area contributed by atoms with Crippen LogP contribution in [-0.2, 0) is 13.6 Å². The molecular weight excluding hydrogens is 521 g/mol. The first kappa shape index (κ1) is 26.6.